The molecule has 0 saturated heterocycles. The maximum atomic E-state index is 13.2. The molecule has 0 bridgehead atoms. The summed E-state index contributed by atoms with van der Waals surface area (Å²) < 4.78 is 0. The first kappa shape index (κ1) is 24.4. The third kappa shape index (κ3) is 5.65. The molecule has 2 unspecified atom stereocenters. The number of fused-ring (bicyclic) bond motifs is 2. The molecule has 2 aromatic rings. The SMILES string of the molecule is CN(C)CC(C)(C)CNC(=O)C1C=CC=Cc2nc(CN(C)C3CCCc4cccnc43)[nH]c21. The minimum Gasteiger partial charge on any atom is -0.355 e. The predicted molar refractivity (Wildman–Crippen MR) is 136 cm³/mol. The van der Waals surface area contributed by atoms with Crippen LogP contribution < -0.4 is 5.32 Å². The molecular formula is C27H38N6O. The van der Waals surface area contributed by atoms with Crippen molar-refractivity contribution in [3.63, 3.8) is 0 Å². The zero-order chi connectivity index (χ0) is 24.3. The minimum atomic E-state index is -0.385. The molecule has 0 saturated carbocycles. The summed E-state index contributed by atoms with van der Waals surface area (Å²) in [6, 6.07) is 4.50. The normalized spacial score (nSPS) is 19.7. The van der Waals surface area contributed by atoms with E-state index in [0.717, 1.165) is 36.6 Å². The number of aromatic nitrogens is 3. The van der Waals surface area contributed by atoms with Crippen LogP contribution in [0.3, 0.4) is 0 Å². The molecule has 2 aromatic heterocycles. The number of imidazole rings is 1. The lowest BCUT2D eigenvalue weighted by molar-refractivity contribution is -0.122. The van der Waals surface area contributed by atoms with Crippen LogP contribution in [0.5, 0.6) is 0 Å². The van der Waals surface area contributed by atoms with Crippen molar-refractivity contribution in [1.82, 2.24) is 30.1 Å². The lowest BCUT2D eigenvalue weighted by atomic mass is 9.91. The molecule has 2 aliphatic carbocycles. The van der Waals surface area contributed by atoms with Crippen molar-refractivity contribution in [3.8, 4) is 0 Å². The number of rotatable bonds is 8. The van der Waals surface area contributed by atoms with Gasteiger partial charge in [0.15, 0.2) is 0 Å². The first-order chi connectivity index (χ1) is 16.2. The first-order valence-electron chi connectivity index (χ1n) is 12.2. The average molecular weight is 463 g/mol. The van der Waals surface area contributed by atoms with Gasteiger partial charge in [-0.25, -0.2) is 4.98 Å². The van der Waals surface area contributed by atoms with Gasteiger partial charge in [0.1, 0.15) is 5.82 Å². The molecule has 2 heterocycles. The van der Waals surface area contributed by atoms with E-state index in [9.17, 15) is 4.79 Å². The van der Waals surface area contributed by atoms with Crippen LogP contribution >= 0.6 is 0 Å². The van der Waals surface area contributed by atoms with Crippen LogP contribution in [0.4, 0.5) is 0 Å². The van der Waals surface area contributed by atoms with Crippen molar-refractivity contribution in [2.24, 2.45) is 5.41 Å². The minimum absolute atomic E-state index is 0.00185. The lowest BCUT2D eigenvalue weighted by Gasteiger charge is -2.31. The van der Waals surface area contributed by atoms with E-state index in [4.69, 9.17) is 4.98 Å². The van der Waals surface area contributed by atoms with E-state index in [-0.39, 0.29) is 23.3 Å². The van der Waals surface area contributed by atoms with Crippen molar-refractivity contribution in [2.75, 3.05) is 34.2 Å². The van der Waals surface area contributed by atoms with E-state index in [0.29, 0.717) is 13.1 Å². The van der Waals surface area contributed by atoms with Gasteiger partial charge in [-0.05, 0) is 63.5 Å². The van der Waals surface area contributed by atoms with Crippen LogP contribution in [0.1, 0.15) is 67.1 Å². The quantitative estimate of drug-likeness (QED) is 0.626. The number of amides is 1. The molecule has 2 N–H and O–H groups in total. The summed E-state index contributed by atoms with van der Waals surface area (Å²) in [5.74, 6) is 0.493. The van der Waals surface area contributed by atoms with E-state index in [1.54, 1.807) is 0 Å². The third-order valence-electron chi connectivity index (χ3n) is 6.65. The Bertz CT molecular complexity index is 1070. The van der Waals surface area contributed by atoms with Crippen LogP contribution in [0.2, 0.25) is 0 Å². The number of hydrogen-bond donors (Lipinski definition) is 2. The van der Waals surface area contributed by atoms with Crippen LogP contribution in [0.25, 0.3) is 6.08 Å². The highest BCUT2D eigenvalue weighted by atomic mass is 16.1. The Morgan fingerprint density at radius 1 is 1.26 bits per heavy atom. The van der Waals surface area contributed by atoms with Gasteiger partial charge in [-0.15, -0.1) is 0 Å². The van der Waals surface area contributed by atoms with Gasteiger partial charge in [0, 0.05) is 19.3 Å². The number of carbonyl (C=O) groups is 1. The van der Waals surface area contributed by atoms with Crippen molar-refractivity contribution < 1.29 is 4.79 Å². The van der Waals surface area contributed by atoms with Gasteiger partial charge in [0.05, 0.1) is 35.6 Å². The number of hydrogen-bond acceptors (Lipinski definition) is 5. The molecule has 0 spiro atoms. The second-order valence-corrected chi connectivity index (χ2v) is 10.7. The highest BCUT2D eigenvalue weighted by Crippen LogP contribution is 2.33. The molecule has 2 aliphatic rings. The largest absolute Gasteiger partial charge is 0.355 e. The Hall–Kier alpha value is -2.77. The number of aryl methyl sites for hydroxylation is 1. The Labute approximate surface area is 203 Å². The molecule has 7 heteroatoms. The second-order valence-electron chi connectivity index (χ2n) is 10.7. The predicted octanol–water partition coefficient (Wildman–Crippen LogP) is 3.68. The van der Waals surface area contributed by atoms with Crippen molar-refractivity contribution in [2.45, 2.75) is 51.6 Å². The van der Waals surface area contributed by atoms with Gasteiger partial charge in [-0.1, -0.05) is 38.1 Å². The second kappa shape index (κ2) is 10.2. The standard InChI is InChI=1S/C27H38N6O/c1-27(2,18-32(3)4)17-29-26(34)20-12-6-7-13-21-25(20)31-23(30-21)16-33(5)22-14-8-10-19-11-9-15-28-24(19)22/h6-7,9,11-13,15,20,22H,8,10,14,16-18H2,1-5H3,(H,29,34)(H,30,31). The number of pyridine rings is 1. The summed E-state index contributed by atoms with van der Waals surface area (Å²) in [7, 11) is 6.25. The van der Waals surface area contributed by atoms with Crippen LogP contribution in [0.15, 0.2) is 36.6 Å². The van der Waals surface area contributed by atoms with E-state index in [1.165, 1.54) is 17.7 Å². The topological polar surface area (TPSA) is 77.2 Å². The van der Waals surface area contributed by atoms with E-state index >= 15 is 0 Å². The fourth-order valence-electron chi connectivity index (χ4n) is 5.24. The Morgan fingerprint density at radius 2 is 2.09 bits per heavy atom. The maximum Gasteiger partial charge on any atom is 0.233 e. The Kier molecular flexibility index (Phi) is 7.33. The summed E-state index contributed by atoms with van der Waals surface area (Å²) in [6.07, 6.45) is 13.1. The molecule has 0 radical (unpaired) electrons. The van der Waals surface area contributed by atoms with Gasteiger partial charge < -0.3 is 15.2 Å². The number of nitrogens with one attached hydrogen (secondary N) is 2. The van der Waals surface area contributed by atoms with Crippen molar-refractivity contribution in [1.29, 1.82) is 0 Å². The van der Waals surface area contributed by atoms with Crippen LogP contribution in [-0.2, 0) is 17.8 Å². The third-order valence-corrected chi connectivity index (χ3v) is 6.65. The molecule has 0 aromatic carbocycles. The highest BCUT2D eigenvalue weighted by Gasteiger charge is 2.29. The summed E-state index contributed by atoms with van der Waals surface area (Å²) in [4.78, 5) is 30.7. The van der Waals surface area contributed by atoms with E-state index < -0.39 is 0 Å². The van der Waals surface area contributed by atoms with E-state index in [1.807, 2.05) is 36.6 Å². The molecule has 0 fully saturated rings. The van der Waals surface area contributed by atoms with Crippen molar-refractivity contribution >= 4 is 12.0 Å². The monoisotopic (exact) mass is 462 g/mol. The number of H-pyrrole nitrogens is 1. The average Bonchev–Trinajstić information content (AvgIpc) is 3.07. The van der Waals surface area contributed by atoms with Gasteiger partial charge in [-0.2, -0.15) is 0 Å². The molecule has 182 valence electrons. The summed E-state index contributed by atoms with van der Waals surface area (Å²) in [5, 5.41) is 3.17. The molecule has 4 rings (SSSR count). The fraction of sp³-hybridized carbons (Fsp3) is 0.519. The fourth-order valence-corrected chi connectivity index (χ4v) is 5.24. The summed E-state index contributed by atoms with van der Waals surface area (Å²) >= 11 is 0. The molecule has 1 amide bonds. The Morgan fingerprint density at radius 3 is 2.88 bits per heavy atom. The zero-order valence-electron chi connectivity index (χ0n) is 21.1. The van der Waals surface area contributed by atoms with Crippen molar-refractivity contribution in [3.05, 3.63) is 65.0 Å². The zero-order valence-corrected chi connectivity index (χ0v) is 21.1. The number of carbonyl (C=O) groups excluding carboxylic acids is 1. The van der Waals surface area contributed by atoms with Crippen LogP contribution in [-0.4, -0.2) is 64.9 Å². The molecule has 0 aliphatic heterocycles. The number of aromatic amines is 1. The molecule has 34 heavy (non-hydrogen) atoms. The van der Waals surface area contributed by atoms with E-state index in [2.05, 4.69) is 66.1 Å². The van der Waals surface area contributed by atoms with Gasteiger partial charge in [0.25, 0.3) is 0 Å². The van der Waals surface area contributed by atoms with Gasteiger partial charge in [-0.3, -0.25) is 14.7 Å². The number of nitrogens with zero attached hydrogens (tertiary/aromatic N) is 4. The number of allylic oxidation sites excluding steroid dienone is 2. The Balaban J connectivity index is 1.47. The van der Waals surface area contributed by atoms with Gasteiger partial charge in [0.2, 0.25) is 5.91 Å². The highest BCUT2D eigenvalue weighted by molar-refractivity contribution is 5.86. The molecular weight excluding hydrogens is 424 g/mol. The molecule has 2 atom stereocenters. The smallest absolute Gasteiger partial charge is 0.233 e. The maximum absolute atomic E-state index is 13.2. The van der Waals surface area contributed by atoms with Gasteiger partial charge >= 0.3 is 0 Å². The summed E-state index contributed by atoms with van der Waals surface area (Å²) in [6.45, 7) is 6.54. The first-order valence-corrected chi connectivity index (χ1v) is 12.2. The summed E-state index contributed by atoms with van der Waals surface area (Å²) in [5.41, 5.74) is 4.22. The molecule has 7 nitrogen and oxygen atoms in total. The van der Waals surface area contributed by atoms with Crippen LogP contribution in [0, 0.1) is 5.41 Å². The lowest BCUT2D eigenvalue weighted by Crippen LogP contribution is -2.41.